The average molecular weight is 295 g/mol. The fourth-order valence-electron chi connectivity index (χ4n) is 2.12. The number of nitrogens with zero attached hydrogens (tertiary/aromatic N) is 3. The summed E-state index contributed by atoms with van der Waals surface area (Å²) in [5, 5.41) is 16.7. The van der Waals surface area contributed by atoms with E-state index in [1.54, 1.807) is 0 Å². The molecule has 1 saturated carbocycles. The van der Waals surface area contributed by atoms with E-state index in [0.29, 0.717) is 11.4 Å². The van der Waals surface area contributed by atoms with Gasteiger partial charge in [0.25, 0.3) is 0 Å². The van der Waals surface area contributed by atoms with Crippen molar-refractivity contribution in [1.82, 2.24) is 15.0 Å². The minimum absolute atomic E-state index is 0.0281. The smallest absolute Gasteiger partial charge is 0.387 e. The molecule has 0 aliphatic heterocycles. The lowest BCUT2D eigenvalue weighted by atomic mass is 10.2. The summed E-state index contributed by atoms with van der Waals surface area (Å²) in [7, 11) is 0. The fourth-order valence-corrected chi connectivity index (χ4v) is 2.12. The molecule has 1 fully saturated rings. The quantitative estimate of drug-likeness (QED) is 0.916. The molecule has 110 valence electrons. The first-order chi connectivity index (χ1) is 10.1. The third-order valence-corrected chi connectivity index (χ3v) is 3.18. The van der Waals surface area contributed by atoms with E-state index in [1.165, 1.54) is 28.9 Å². The van der Waals surface area contributed by atoms with Crippen molar-refractivity contribution in [3.8, 4) is 11.4 Å². The highest BCUT2D eigenvalue weighted by Gasteiger charge is 2.34. The number of aromatic carboxylic acids is 1. The molecule has 3 rings (SSSR count). The normalized spacial score (nSPS) is 14.4. The zero-order valence-electron chi connectivity index (χ0n) is 10.7. The van der Waals surface area contributed by atoms with E-state index in [9.17, 15) is 13.6 Å². The lowest BCUT2D eigenvalue weighted by Gasteiger charge is -2.08. The molecular weight excluding hydrogens is 284 g/mol. The third-order valence-electron chi connectivity index (χ3n) is 3.18. The Labute approximate surface area is 118 Å². The Kier molecular flexibility index (Phi) is 3.28. The number of benzene rings is 1. The minimum Gasteiger partial charge on any atom is -0.476 e. The van der Waals surface area contributed by atoms with Crippen molar-refractivity contribution in [1.29, 1.82) is 0 Å². The second kappa shape index (κ2) is 5.12. The Morgan fingerprint density at radius 3 is 2.52 bits per heavy atom. The third kappa shape index (κ3) is 2.69. The van der Waals surface area contributed by atoms with Gasteiger partial charge in [0.1, 0.15) is 5.75 Å². The van der Waals surface area contributed by atoms with Gasteiger partial charge in [-0.05, 0) is 37.1 Å². The van der Waals surface area contributed by atoms with E-state index in [2.05, 4.69) is 15.0 Å². The maximum absolute atomic E-state index is 12.1. The highest BCUT2D eigenvalue weighted by Crippen LogP contribution is 2.42. The van der Waals surface area contributed by atoms with Gasteiger partial charge in [-0.1, -0.05) is 5.21 Å². The van der Waals surface area contributed by atoms with Gasteiger partial charge >= 0.3 is 12.6 Å². The molecule has 0 bridgehead atoms. The van der Waals surface area contributed by atoms with Crippen LogP contribution in [0.2, 0.25) is 0 Å². The van der Waals surface area contributed by atoms with E-state index < -0.39 is 12.6 Å². The number of alkyl halides is 2. The topological polar surface area (TPSA) is 77.2 Å². The summed E-state index contributed by atoms with van der Waals surface area (Å²) in [6.45, 7) is -2.89. The van der Waals surface area contributed by atoms with Crippen LogP contribution < -0.4 is 4.74 Å². The lowest BCUT2D eigenvalue weighted by molar-refractivity contribution is -0.0498. The molecule has 0 radical (unpaired) electrons. The SMILES string of the molecule is O=C(O)c1nnn(-c2ccc(OC(F)F)cc2)c1C1CC1. The van der Waals surface area contributed by atoms with Crippen molar-refractivity contribution < 1.29 is 23.4 Å². The Balaban J connectivity index is 1.95. The van der Waals surface area contributed by atoms with Crippen molar-refractivity contribution in [2.75, 3.05) is 0 Å². The molecule has 0 atom stereocenters. The van der Waals surface area contributed by atoms with E-state index in [1.807, 2.05) is 0 Å². The van der Waals surface area contributed by atoms with Gasteiger partial charge in [-0.3, -0.25) is 0 Å². The summed E-state index contributed by atoms with van der Waals surface area (Å²) in [4.78, 5) is 11.2. The maximum Gasteiger partial charge on any atom is 0.387 e. The molecule has 1 heterocycles. The van der Waals surface area contributed by atoms with Crippen LogP contribution in [0.1, 0.15) is 34.9 Å². The Morgan fingerprint density at radius 1 is 1.33 bits per heavy atom. The molecule has 2 aromatic rings. The number of halogens is 2. The summed E-state index contributed by atoms with van der Waals surface area (Å²) in [6, 6.07) is 5.81. The summed E-state index contributed by atoms with van der Waals surface area (Å²) in [5.41, 5.74) is 1.04. The number of carboxylic acid groups (broad SMARTS) is 1. The van der Waals surface area contributed by atoms with Gasteiger partial charge in [0.15, 0.2) is 5.69 Å². The Hall–Kier alpha value is -2.51. The average Bonchev–Trinajstić information content (AvgIpc) is 3.17. The molecule has 0 amide bonds. The molecule has 0 unspecified atom stereocenters. The molecule has 1 N–H and O–H groups in total. The van der Waals surface area contributed by atoms with Crippen molar-refractivity contribution in [2.24, 2.45) is 0 Å². The van der Waals surface area contributed by atoms with E-state index >= 15 is 0 Å². The van der Waals surface area contributed by atoms with Crippen LogP contribution in [0.25, 0.3) is 5.69 Å². The second-order valence-corrected chi connectivity index (χ2v) is 4.69. The maximum atomic E-state index is 12.1. The zero-order valence-corrected chi connectivity index (χ0v) is 10.7. The van der Waals surface area contributed by atoms with Gasteiger partial charge in [-0.15, -0.1) is 5.10 Å². The Bertz CT molecular complexity index is 666. The molecule has 8 heteroatoms. The van der Waals surface area contributed by atoms with Crippen LogP contribution in [0, 0.1) is 0 Å². The molecular formula is C13H11F2N3O3. The molecule has 21 heavy (non-hydrogen) atoms. The number of ether oxygens (including phenoxy) is 1. The van der Waals surface area contributed by atoms with Crippen molar-refractivity contribution in [3.05, 3.63) is 35.7 Å². The Morgan fingerprint density at radius 2 is 2.00 bits per heavy atom. The number of carbonyl (C=O) groups is 1. The first-order valence-electron chi connectivity index (χ1n) is 6.30. The van der Waals surface area contributed by atoms with Crippen LogP contribution >= 0.6 is 0 Å². The van der Waals surface area contributed by atoms with Crippen molar-refractivity contribution in [3.63, 3.8) is 0 Å². The number of carboxylic acids is 1. The summed E-state index contributed by atoms with van der Waals surface area (Å²) in [5.74, 6) is -0.968. The molecule has 1 aromatic heterocycles. The highest BCUT2D eigenvalue weighted by molar-refractivity contribution is 5.87. The summed E-state index contributed by atoms with van der Waals surface area (Å²) in [6.07, 6.45) is 1.78. The van der Waals surface area contributed by atoms with Crippen LogP contribution in [0.5, 0.6) is 5.75 Å². The second-order valence-electron chi connectivity index (χ2n) is 4.69. The van der Waals surface area contributed by atoms with Crippen LogP contribution in [0.15, 0.2) is 24.3 Å². The van der Waals surface area contributed by atoms with E-state index in [-0.39, 0.29) is 17.4 Å². The molecule has 6 nitrogen and oxygen atoms in total. The van der Waals surface area contributed by atoms with Crippen LogP contribution in [0.4, 0.5) is 8.78 Å². The molecule has 0 spiro atoms. The van der Waals surface area contributed by atoms with E-state index in [4.69, 9.17) is 5.11 Å². The molecule has 1 aliphatic rings. The van der Waals surface area contributed by atoms with Crippen LogP contribution in [0.3, 0.4) is 0 Å². The molecule has 1 aromatic carbocycles. The predicted octanol–water partition coefficient (Wildman–Crippen LogP) is 2.44. The number of hydrogen-bond donors (Lipinski definition) is 1. The van der Waals surface area contributed by atoms with Gasteiger partial charge in [0, 0.05) is 5.92 Å². The van der Waals surface area contributed by atoms with Crippen molar-refractivity contribution >= 4 is 5.97 Å². The highest BCUT2D eigenvalue weighted by atomic mass is 19.3. The fraction of sp³-hybridized carbons (Fsp3) is 0.308. The number of hydrogen-bond acceptors (Lipinski definition) is 4. The molecule has 1 aliphatic carbocycles. The first-order valence-corrected chi connectivity index (χ1v) is 6.30. The predicted molar refractivity (Wildman–Crippen MR) is 66.9 cm³/mol. The van der Waals surface area contributed by atoms with Crippen LogP contribution in [-0.4, -0.2) is 32.7 Å². The van der Waals surface area contributed by atoms with Gasteiger partial charge in [-0.25, -0.2) is 9.48 Å². The van der Waals surface area contributed by atoms with Gasteiger partial charge in [0.05, 0.1) is 11.4 Å². The zero-order chi connectivity index (χ0) is 15.0. The van der Waals surface area contributed by atoms with Gasteiger partial charge in [0.2, 0.25) is 0 Å². The molecule has 0 saturated heterocycles. The van der Waals surface area contributed by atoms with Gasteiger partial charge in [-0.2, -0.15) is 8.78 Å². The first kappa shape index (κ1) is 13.5. The van der Waals surface area contributed by atoms with Crippen molar-refractivity contribution in [2.45, 2.75) is 25.4 Å². The standard InChI is InChI=1S/C13H11F2N3O3/c14-13(15)21-9-5-3-8(4-6-9)18-11(7-1-2-7)10(12(19)20)16-17-18/h3-7,13H,1-2H2,(H,19,20). The summed E-state index contributed by atoms with van der Waals surface area (Å²) >= 11 is 0. The van der Waals surface area contributed by atoms with Crippen LogP contribution in [-0.2, 0) is 0 Å². The minimum atomic E-state index is -2.89. The largest absolute Gasteiger partial charge is 0.476 e. The van der Waals surface area contributed by atoms with Gasteiger partial charge < -0.3 is 9.84 Å². The summed E-state index contributed by atoms with van der Waals surface area (Å²) < 4.78 is 29.9. The lowest BCUT2D eigenvalue weighted by Crippen LogP contribution is -2.06. The number of rotatable bonds is 5. The van der Waals surface area contributed by atoms with E-state index in [0.717, 1.165) is 12.8 Å². The number of aromatic nitrogens is 3. The monoisotopic (exact) mass is 295 g/mol.